The molecule has 0 aliphatic rings. The minimum atomic E-state index is -4.17. The van der Waals surface area contributed by atoms with E-state index in [0.29, 0.717) is 0 Å². The number of aromatic nitrogens is 1. The van der Waals surface area contributed by atoms with E-state index in [1.54, 1.807) is 12.1 Å². The van der Waals surface area contributed by atoms with Crippen molar-refractivity contribution < 1.29 is 22.3 Å². The van der Waals surface area contributed by atoms with Crippen molar-refractivity contribution in [2.24, 2.45) is 0 Å². The quantitative estimate of drug-likeness (QED) is 0.769. The van der Waals surface area contributed by atoms with Gasteiger partial charge in [0.15, 0.2) is 5.54 Å². The summed E-state index contributed by atoms with van der Waals surface area (Å²) in [5.74, 6) is -1.49. The molecule has 2 rings (SSSR count). The fourth-order valence-corrected chi connectivity index (χ4v) is 3.75. The minimum Gasteiger partial charge on any atom is -0.467 e. The lowest BCUT2D eigenvalue weighted by Crippen LogP contribution is -2.51. The summed E-state index contributed by atoms with van der Waals surface area (Å²) in [5, 5.41) is 0. The third kappa shape index (κ3) is 3.02. The highest BCUT2D eigenvalue weighted by Gasteiger charge is 2.47. The smallest absolute Gasteiger partial charge is 0.333 e. The van der Waals surface area contributed by atoms with Gasteiger partial charge in [0.25, 0.3) is 0 Å². The Hall–Kier alpha value is -2.32. The predicted octanol–water partition coefficient (Wildman–Crippen LogP) is 1.93. The van der Waals surface area contributed by atoms with Crippen LogP contribution in [0.5, 0.6) is 0 Å². The van der Waals surface area contributed by atoms with E-state index in [2.05, 4.69) is 4.98 Å². The van der Waals surface area contributed by atoms with Crippen LogP contribution in [0.4, 0.5) is 4.39 Å². The van der Waals surface area contributed by atoms with Crippen molar-refractivity contribution in [2.45, 2.75) is 17.4 Å². The number of hydrogen-bond donors (Lipinski definition) is 0. The van der Waals surface area contributed by atoms with E-state index >= 15 is 0 Å². The standard InChI is InChI=1S/C16H17FN2O4S/c1-16(15(20)23-3,14-9-4-5-10-18-14)19(2)24(21,22)13-8-6-7-12(17)11-13/h4-11H,1-3H3/t16-/m1/s1. The maximum atomic E-state index is 13.4. The third-order valence-corrected chi connectivity index (χ3v) is 5.77. The number of hydrogen-bond acceptors (Lipinski definition) is 5. The van der Waals surface area contributed by atoms with E-state index < -0.39 is 27.3 Å². The van der Waals surface area contributed by atoms with Crippen LogP contribution in [0.25, 0.3) is 0 Å². The molecule has 1 aromatic carbocycles. The molecule has 6 nitrogen and oxygen atoms in total. The van der Waals surface area contributed by atoms with Gasteiger partial charge in [-0.25, -0.2) is 17.6 Å². The summed E-state index contributed by atoms with van der Waals surface area (Å²) in [6.45, 7) is 1.39. The molecule has 0 spiro atoms. The van der Waals surface area contributed by atoms with Crippen LogP contribution >= 0.6 is 0 Å². The first-order valence-corrected chi connectivity index (χ1v) is 8.43. The van der Waals surface area contributed by atoms with Crippen LogP contribution in [0.1, 0.15) is 12.6 Å². The first-order valence-electron chi connectivity index (χ1n) is 6.99. The van der Waals surface area contributed by atoms with Gasteiger partial charge < -0.3 is 4.74 Å². The second kappa shape index (κ2) is 6.66. The summed E-state index contributed by atoms with van der Waals surface area (Å²) >= 11 is 0. The zero-order chi connectivity index (χ0) is 18.0. The van der Waals surface area contributed by atoms with Crippen molar-refractivity contribution in [3.05, 3.63) is 60.2 Å². The van der Waals surface area contributed by atoms with E-state index in [1.165, 1.54) is 38.4 Å². The summed E-state index contributed by atoms with van der Waals surface area (Å²) in [4.78, 5) is 16.2. The number of carbonyl (C=O) groups excluding carboxylic acids is 1. The lowest BCUT2D eigenvalue weighted by Gasteiger charge is -2.34. The number of likely N-dealkylation sites (N-methyl/N-ethyl adjacent to an activating group) is 1. The van der Waals surface area contributed by atoms with Crippen LogP contribution in [-0.4, -0.2) is 37.8 Å². The van der Waals surface area contributed by atoms with Crippen LogP contribution in [0.2, 0.25) is 0 Å². The normalized spacial score (nSPS) is 14.2. The largest absolute Gasteiger partial charge is 0.467 e. The number of rotatable bonds is 5. The van der Waals surface area contributed by atoms with Crippen LogP contribution in [0, 0.1) is 5.82 Å². The van der Waals surface area contributed by atoms with E-state index in [-0.39, 0.29) is 10.6 Å². The molecule has 0 radical (unpaired) electrons. The molecule has 1 heterocycles. The summed E-state index contributed by atoms with van der Waals surface area (Å²) in [6, 6.07) is 9.36. The average Bonchev–Trinajstić information content (AvgIpc) is 2.60. The van der Waals surface area contributed by atoms with Crippen molar-refractivity contribution >= 4 is 16.0 Å². The van der Waals surface area contributed by atoms with E-state index in [0.717, 1.165) is 23.5 Å². The molecule has 0 saturated carbocycles. The number of esters is 1. The first-order chi connectivity index (χ1) is 11.2. The molecular weight excluding hydrogens is 335 g/mol. The van der Waals surface area contributed by atoms with Crippen LogP contribution < -0.4 is 0 Å². The zero-order valence-corrected chi connectivity index (χ0v) is 14.2. The maximum absolute atomic E-state index is 13.4. The van der Waals surface area contributed by atoms with Crippen molar-refractivity contribution in [3.63, 3.8) is 0 Å². The Morgan fingerprint density at radius 3 is 2.50 bits per heavy atom. The molecule has 0 unspecified atom stereocenters. The SMILES string of the molecule is COC(=O)[C@@](C)(c1ccccn1)N(C)S(=O)(=O)c1cccc(F)c1. The summed E-state index contributed by atoms with van der Waals surface area (Å²) in [7, 11) is -1.78. The summed E-state index contributed by atoms with van der Waals surface area (Å²) in [5.41, 5.74) is -1.51. The Labute approximate surface area is 139 Å². The number of ether oxygens (including phenoxy) is 1. The van der Waals surface area contributed by atoms with Crippen LogP contribution in [-0.2, 0) is 25.1 Å². The van der Waals surface area contributed by atoms with Crippen molar-refractivity contribution in [1.82, 2.24) is 9.29 Å². The van der Waals surface area contributed by atoms with Crippen molar-refractivity contribution in [1.29, 1.82) is 0 Å². The number of benzene rings is 1. The number of methoxy groups -OCH3 is 1. The summed E-state index contributed by atoms with van der Waals surface area (Å²) in [6.07, 6.45) is 1.44. The molecule has 0 aliphatic heterocycles. The fourth-order valence-electron chi connectivity index (χ4n) is 2.27. The van der Waals surface area contributed by atoms with Crippen LogP contribution in [0.15, 0.2) is 53.6 Å². The Morgan fingerprint density at radius 1 is 1.25 bits per heavy atom. The first kappa shape index (κ1) is 18.0. The monoisotopic (exact) mass is 352 g/mol. The molecule has 128 valence electrons. The van der Waals surface area contributed by atoms with Gasteiger partial charge in [-0.1, -0.05) is 12.1 Å². The van der Waals surface area contributed by atoms with Crippen molar-refractivity contribution in [2.75, 3.05) is 14.2 Å². The lowest BCUT2D eigenvalue weighted by atomic mass is 9.97. The maximum Gasteiger partial charge on any atom is 0.333 e. The Morgan fingerprint density at radius 2 is 1.96 bits per heavy atom. The molecule has 24 heavy (non-hydrogen) atoms. The molecule has 1 aromatic heterocycles. The number of nitrogens with zero attached hydrogens (tertiary/aromatic N) is 2. The van der Waals surface area contributed by atoms with Gasteiger partial charge in [-0.05, 0) is 37.3 Å². The fraction of sp³-hybridized carbons (Fsp3) is 0.250. The second-order valence-corrected chi connectivity index (χ2v) is 7.18. The topological polar surface area (TPSA) is 76.6 Å². The molecular formula is C16H17FN2O4S. The van der Waals surface area contributed by atoms with Gasteiger partial charge in [-0.3, -0.25) is 4.98 Å². The van der Waals surface area contributed by atoms with Gasteiger partial charge in [0.2, 0.25) is 10.0 Å². The second-order valence-electron chi connectivity index (χ2n) is 5.21. The Kier molecular flexibility index (Phi) is 5.00. The number of carbonyl (C=O) groups is 1. The molecule has 0 amide bonds. The number of halogens is 1. The lowest BCUT2D eigenvalue weighted by molar-refractivity contribution is -0.151. The van der Waals surface area contributed by atoms with E-state index in [4.69, 9.17) is 4.74 Å². The van der Waals surface area contributed by atoms with Gasteiger partial charge in [-0.2, -0.15) is 4.31 Å². The molecule has 0 aliphatic carbocycles. The van der Waals surface area contributed by atoms with Gasteiger partial charge in [0, 0.05) is 13.2 Å². The Bertz CT molecular complexity index is 842. The number of pyridine rings is 1. The number of sulfonamides is 1. The highest BCUT2D eigenvalue weighted by molar-refractivity contribution is 7.89. The summed E-state index contributed by atoms with van der Waals surface area (Å²) < 4.78 is 44.7. The third-order valence-electron chi connectivity index (χ3n) is 3.83. The average molecular weight is 352 g/mol. The molecule has 1 atom stereocenters. The highest BCUT2D eigenvalue weighted by Crippen LogP contribution is 2.32. The highest BCUT2D eigenvalue weighted by atomic mass is 32.2. The van der Waals surface area contributed by atoms with Crippen LogP contribution in [0.3, 0.4) is 0 Å². The predicted molar refractivity (Wildman–Crippen MR) is 85.0 cm³/mol. The molecule has 0 fully saturated rings. The molecule has 0 bridgehead atoms. The van der Waals surface area contributed by atoms with Gasteiger partial charge in [-0.15, -0.1) is 0 Å². The van der Waals surface area contributed by atoms with Gasteiger partial charge in [0.05, 0.1) is 17.7 Å². The van der Waals surface area contributed by atoms with Gasteiger partial charge in [0.1, 0.15) is 5.82 Å². The molecule has 2 aromatic rings. The zero-order valence-electron chi connectivity index (χ0n) is 13.4. The molecule has 0 N–H and O–H groups in total. The van der Waals surface area contributed by atoms with E-state index in [9.17, 15) is 17.6 Å². The minimum absolute atomic E-state index is 0.194. The molecule has 0 saturated heterocycles. The molecule has 8 heteroatoms. The Balaban J connectivity index is 2.61. The van der Waals surface area contributed by atoms with E-state index in [1.807, 2.05) is 0 Å². The van der Waals surface area contributed by atoms with Gasteiger partial charge >= 0.3 is 5.97 Å². The van der Waals surface area contributed by atoms with Crippen molar-refractivity contribution in [3.8, 4) is 0 Å².